The molecule has 0 spiro atoms. The summed E-state index contributed by atoms with van der Waals surface area (Å²) in [6.45, 7) is 2.28. The van der Waals surface area contributed by atoms with Crippen molar-refractivity contribution in [2.24, 2.45) is 0 Å². The van der Waals surface area contributed by atoms with Gasteiger partial charge in [-0.05, 0) is 42.8 Å². The minimum atomic E-state index is 0.133. The molecule has 2 aromatic rings. The van der Waals surface area contributed by atoms with Gasteiger partial charge in [0.2, 0.25) is 5.91 Å². The van der Waals surface area contributed by atoms with Crippen molar-refractivity contribution in [3.8, 4) is 11.5 Å². The van der Waals surface area contributed by atoms with Crippen LogP contribution in [0.25, 0.3) is 0 Å². The van der Waals surface area contributed by atoms with Crippen molar-refractivity contribution in [3.05, 3.63) is 48.5 Å². The van der Waals surface area contributed by atoms with E-state index in [0.29, 0.717) is 17.9 Å². The normalized spacial score (nSPS) is 12.2. The third kappa shape index (κ3) is 9.35. The second-order valence-electron chi connectivity index (χ2n) is 10.0. The maximum atomic E-state index is 13.1. The van der Waals surface area contributed by atoms with E-state index in [9.17, 15) is 4.79 Å². The quantitative estimate of drug-likeness (QED) is 0.201. The summed E-state index contributed by atoms with van der Waals surface area (Å²) >= 11 is 0. The molecule has 1 aliphatic rings. The molecule has 3 rings (SSSR count). The van der Waals surface area contributed by atoms with E-state index in [1.165, 1.54) is 96.3 Å². The summed E-state index contributed by atoms with van der Waals surface area (Å²) in [7, 11) is 0. The number of hydrogen-bond acceptors (Lipinski definition) is 2. The lowest BCUT2D eigenvalue weighted by molar-refractivity contribution is -0.118. The Morgan fingerprint density at radius 2 is 1.06 bits per heavy atom. The molecule has 0 aliphatic carbocycles. The molecular formula is C32H45NO2. The second kappa shape index (κ2) is 16.4. The minimum absolute atomic E-state index is 0.133. The van der Waals surface area contributed by atoms with Crippen molar-refractivity contribution < 1.29 is 9.53 Å². The third-order valence-corrected chi connectivity index (χ3v) is 7.05. The Hall–Kier alpha value is -2.29. The fraction of sp³-hybridized carbons (Fsp3) is 0.594. The molecule has 0 fully saturated rings. The molecule has 3 nitrogen and oxygen atoms in total. The summed E-state index contributed by atoms with van der Waals surface area (Å²) in [5.41, 5.74) is 1.61. The van der Waals surface area contributed by atoms with Crippen molar-refractivity contribution in [3.63, 3.8) is 0 Å². The fourth-order valence-electron chi connectivity index (χ4n) is 4.98. The van der Waals surface area contributed by atoms with Crippen LogP contribution in [0.2, 0.25) is 0 Å². The highest BCUT2D eigenvalue weighted by Gasteiger charge is 2.28. The maximum Gasteiger partial charge on any atom is 0.231 e. The lowest BCUT2D eigenvalue weighted by Gasteiger charge is -2.31. The number of unbranched alkanes of at least 4 members (excludes halogenated alkanes) is 16. The van der Waals surface area contributed by atoms with Crippen molar-refractivity contribution >= 4 is 17.3 Å². The van der Waals surface area contributed by atoms with Crippen LogP contribution in [0.1, 0.15) is 122 Å². The van der Waals surface area contributed by atoms with Crippen LogP contribution in [0.4, 0.5) is 11.4 Å². The van der Waals surface area contributed by atoms with Gasteiger partial charge >= 0.3 is 0 Å². The molecule has 0 bridgehead atoms. The number of ether oxygens (including phenoxy) is 1. The van der Waals surface area contributed by atoms with E-state index in [0.717, 1.165) is 24.2 Å². The Kier molecular flexibility index (Phi) is 12.8. The highest BCUT2D eigenvalue weighted by molar-refractivity contribution is 6.04. The molecule has 1 amide bonds. The summed E-state index contributed by atoms with van der Waals surface area (Å²) in [6, 6.07) is 17.1. The number of fused-ring (bicyclic) bond motifs is 2. The zero-order valence-electron chi connectivity index (χ0n) is 22.0. The maximum absolute atomic E-state index is 13.1. The van der Waals surface area contributed by atoms with E-state index in [2.05, 4.69) is 19.1 Å². The number of hydrogen-bond donors (Lipinski definition) is 0. The van der Waals surface area contributed by atoms with Crippen LogP contribution < -0.4 is 9.64 Å². The first-order valence-electron chi connectivity index (χ1n) is 14.3. The van der Waals surface area contributed by atoms with Gasteiger partial charge in [-0.2, -0.15) is 0 Å². The zero-order valence-corrected chi connectivity index (χ0v) is 22.0. The number of carbonyl (C=O) groups is 1. The van der Waals surface area contributed by atoms with Gasteiger partial charge in [0.15, 0.2) is 11.5 Å². The summed E-state index contributed by atoms with van der Waals surface area (Å²) in [5.74, 6) is 1.49. The van der Waals surface area contributed by atoms with Crippen LogP contribution in [-0.2, 0) is 4.79 Å². The lowest BCUT2D eigenvalue weighted by Crippen LogP contribution is -2.28. The van der Waals surface area contributed by atoms with Gasteiger partial charge in [0, 0.05) is 6.42 Å². The Morgan fingerprint density at radius 1 is 0.657 bits per heavy atom. The van der Waals surface area contributed by atoms with E-state index in [1.54, 1.807) is 12.1 Å². The number of nitrogens with zero attached hydrogens (tertiary/aromatic N) is 1. The number of benzene rings is 2. The molecule has 0 atom stereocenters. The van der Waals surface area contributed by atoms with Gasteiger partial charge in [0.25, 0.3) is 0 Å². The minimum Gasteiger partial charge on any atom is -0.453 e. The molecule has 1 aliphatic heterocycles. The van der Waals surface area contributed by atoms with Crippen LogP contribution in [0.15, 0.2) is 36.4 Å². The highest BCUT2D eigenvalue weighted by atomic mass is 16.5. The van der Waals surface area contributed by atoms with Gasteiger partial charge in [-0.1, -0.05) is 122 Å². The topological polar surface area (TPSA) is 29.5 Å². The molecule has 0 saturated carbocycles. The average Bonchev–Trinajstić information content (AvgIpc) is 2.88. The Bertz CT molecular complexity index is 817. The van der Waals surface area contributed by atoms with Crippen LogP contribution in [0.5, 0.6) is 11.5 Å². The van der Waals surface area contributed by atoms with E-state index < -0.39 is 0 Å². The first-order valence-corrected chi connectivity index (χ1v) is 14.3. The largest absolute Gasteiger partial charge is 0.453 e. The average molecular weight is 476 g/mol. The van der Waals surface area contributed by atoms with Gasteiger partial charge in [-0.25, -0.2) is 0 Å². The predicted octanol–water partition coefficient (Wildman–Crippen LogP) is 10.1. The molecule has 35 heavy (non-hydrogen) atoms. The van der Waals surface area contributed by atoms with Gasteiger partial charge in [-0.15, -0.1) is 0 Å². The molecule has 0 unspecified atom stereocenters. The first-order chi connectivity index (χ1) is 17.3. The van der Waals surface area contributed by atoms with E-state index >= 15 is 0 Å². The fourth-order valence-corrected chi connectivity index (χ4v) is 4.98. The van der Waals surface area contributed by atoms with Crippen molar-refractivity contribution in [2.75, 3.05) is 4.90 Å². The molecule has 2 aromatic carbocycles. The Balaban J connectivity index is 1.21. The predicted molar refractivity (Wildman–Crippen MR) is 147 cm³/mol. The SMILES string of the molecule is CCCCCCCCCCCCCCCCCCCC(=O)N1c2cc[c]cc2Oc2c[c]ccc21. The van der Waals surface area contributed by atoms with Gasteiger partial charge in [0.1, 0.15) is 0 Å². The summed E-state index contributed by atoms with van der Waals surface area (Å²) < 4.78 is 5.94. The summed E-state index contributed by atoms with van der Waals surface area (Å²) in [6.07, 6.45) is 23.4. The zero-order chi connectivity index (χ0) is 24.6. The Labute approximate surface area is 214 Å². The van der Waals surface area contributed by atoms with Crippen LogP contribution in [0, 0.1) is 12.1 Å². The first kappa shape index (κ1) is 27.3. The molecule has 190 valence electrons. The smallest absolute Gasteiger partial charge is 0.231 e. The van der Waals surface area contributed by atoms with E-state index in [4.69, 9.17) is 4.74 Å². The van der Waals surface area contributed by atoms with Crippen molar-refractivity contribution in [2.45, 2.75) is 122 Å². The standard InChI is InChI=1S/C32H45NO2/c1-2-3-4-5-6-7-8-9-10-11-12-13-14-15-16-17-18-27-32(34)33-28-23-19-21-25-30(28)35-31-26-22-20-24-29(31)33/h19-20,23-26H,2-18,27H2,1H3. The molecule has 3 heteroatoms. The molecule has 0 N–H and O–H groups in total. The molecule has 1 heterocycles. The van der Waals surface area contributed by atoms with Crippen LogP contribution >= 0.6 is 0 Å². The van der Waals surface area contributed by atoms with Gasteiger partial charge < -0.3 is 4.74 Å². The monoisotopic (exact) mass is 475 g/mol. The molecule has 0 aromatic heterocycles. The second-order valence-corrected chi connectivity index (χ2v) is 10.0. The van der Waals surface area contributed by atoms with Crippen LogP contribution in [0.3, 0.4) is 0 Å². The lowest BCUT2D eigenvalue weighted by atomic mass is 10.0. The summed E-state index contributed by atoms with van der Waals surface area (Å²) in [5, 5.41) is 0. The van der Waals surface area contributed by atoms with Gasteiger partial charge in [-0.3, -0.25) is 9.69 Å². The highest BCUT2D eigenvalue weighted by Crippen LogP contribution is 2.46. The van der Waals surface area contributed by atoms with Crippen molar-refractivity contribution in [1.82, 2.24) is 0 Å². The van der Waals surface area contributed by atoms with E-state index in [-0.39, 0.29) is 5.91 Å². The van der Waals surface area contributed by atoms with Crippen LogP contribution in [-0.4, -0.2) is 5.91 Å². The number of amides is 1. The van der Waals surface area contributed by atoms with Gasteiger partial charge in [0.05, 0.1) is 11.4 Å². The molecule has 2 radical (unpaired) electrons. The van der Waals surface area contributed by atoms with Crippen molar-refractivity contribution in [1.29, 1.82) is 0 Å². The Morgan fingerprint density at radius 3 is 1.49 bits per heavy atom. The third-order valence-electron chi connectivity index (χ3n) is 7.05. The molecular weight excluding hydrogens is 430 g/mol. The number of anilines is 2. The molecule has 0 saturated heterocycles. The number of rotatable bonds is 18. The number of carbonyl (C=O) groups excluding carboxylic acids is 1. The van der Waals surface area contributed by atoms with E-state index in [1.807, 2.05) is 29.2 Å². The summed E-state index contributed by atoms with van der Waals surface area (Å²) in [4.78, 5) is 14.9.